The Balaban J connectivity index is 1.83. The summed E-state index contributed by atoms with van der Waals surface area (Å²) in [6, 6.07) is 4.32. The van der Waals surface area contributed by atoms with Crippen LogP contribution in [0.1, 0.15) is 24.4 Å². The van der Waals surface area contributed by atoms with Crippen molar-refractivity contribution in [2.75, 3.05) is 20.2 Å². The van der Waals surface area contributed by atoms with Gasteiger partial charge in [-0.2, -0.15) is 0 Å². The van der Waals surface area contributed by atoms with Crippen LogP contribution >= 0.6 is 0 Å². The maximum absolute atomic E-state index is 12.2. The number of hydrogen-bond donors (Lipinski definition) is 1. The third-order valence-electron chi connectivity index (χ3n) is 4.09. The second-order valence-corrected chi connectivity index (χ2v) is 5.11. The fraction of sp³-hybridized carbons (Fsp3) is 0.571. The van der Waals surface area contributed by atoms with Gasteiger partial charge in [0.2, 0.25) is 0 Å². The van der Waals surface area contributed by atoms with Gasteiger partial charge in [0.05, 0.1) is 6.04 Å². The number of β-lactam (4-membered cyclic amide) rings is 1. The Bertz CT molecular complexity index is 445. The largest absolute Gasteiger partial charge is 0.369 e. The van der Waals surface area contributed by atoms with Gasteiger partial charge in [0.1, 0.15) is 0 Å². The van der Waals surface area contributed by atoms with E-state index in [0.29, 0.717) is 6.04 Å². The zero-order valence-electron chi connectivity index (χ0n) is 11.1. The van der Waals surface area contributed by atoms with Crippen LogP contribution in [-0.4, -0.2) is 48.1 Å². The maximum Gasteiger partial charge on any atom is 0.255 e. The van der Waals surface area contributed by atoms with Crippen LogP contribution in [0.3, 0.4) is 0 Å². The standard InChI is InChI=1S/C14H19N3O2/c1-19-13-12(10-2-6-15-7-3-10)17(14(13)18)11-4-8-16-9-5-11/h2-3,6-7,11-13,16H,4-5,8-9H2,1H3. The number of carbonyl (C=O) groups is 1. The first kappa shape index (κ1) is 12.6. The number of carbonyl (C=O) groups excluding carboxylic acids is 1. The Morgan fingerprint density at radius 3 is 2.63 bits per heavy atom. The fourth-order valence-electron chi connectivity index (χ4n) is 3.10. The number of methoxy groups -OCH3 is 1. The smallest absolute Gasteiger partial charge is 0.255 e. The van der Waals surface area contributed by atoms with E-state index in [0.717, 1.165) is 31.5 Å². The summed E-state index contributed by atoms with van der Waals surface area (Å²) in [6.45, 7) is 1.96. The first-order valence-electron chi connectivity index (χ1n) is 6.78. The van der Waals surface area contributed by atoms with Gasteiger partial charge >= 0.3 is 0 Å². The van der Waals surface area contributed by atoms with Crippen molar-refractivity contribution < 1.29 is 9.53 Å². The Labute approximate surface area is 113 Å². The number of nitrogens with one attached hydrogen (secondary N) is 1. The molecule has 1 aromatic heterocycles. The average Bonchev–Trinajstić information content (AvgIpc) is 2.47. The molecule has 0 aliphatic carbocycles. The predicted molar refractivity (Wildman–Crippen MR) is 70.5 cm³/mol. The molecule has 2 atom stereocenters. The van der Waals surface area contributed by atoms with Crippen molar-refractivity contribution in [2.24, 2.45) is 0 Å². The third kappa shape index (κ3) is 2.13. The lowest BCUT2D eigenvalue weighted by atomic mass is 9.87. The molecule has 0 radical (unpaired) electrons. The monoisotopic (exact) mass is 261 g/mol. The molecule has 2 saturated heterocycles. The summed E-state index contributed by atoms with van der Waals surface area (Å²) in [5.41, 5.74) is 1.11. The van der Waals surface area contributed by atoms with E-state index in [9.17, 15) is 4.79 Å². The van der Waals surface area contributed by atoms with Gasteiger partial charge < -0.3 is 15.0 Å². The van der Waals surface area contributed by atoms with E-state index in [1.165, 1.54) is 0 Å². The molecule has 102 valence electrons. The van der Waals surface area contributed by atoms with Crippen LogP contribution in [0.4, 0.5) is 0 Å². The summed E-state index contributed by atoms with van der Waals surface area (Å²) in [4.78, 5) is 18.3. The van der Waals surface area contributed by atoms with Gasteiger partial charge in [-0.05, 0) is 43.6 Å². The minimum absolute atomic E-state index is 0.0450. The molecule has 3 heterocycles. The highest BCUT2D eigenvalue weighted by molar-refractivity contribution is 5.89. The molecule has 2 aliphatic rings. The molecule has 3 rings (SSSR count). The first-order chi connectivity index (χ1) is 9.33. The zero-order valence-corrected chi connectivity index (χ0v) is 11.1. The molecule has 0 saturated carbocycles. The Kier molecular flexibility index (Phi) is 3.48. The number of amides is 1. The van der Waals surface area contributed by atoms with Crippen LogP contribution in [-0.2, 0) is 9.53 Å². The zero-order chi connectivity index (χ0) is 13.2. The molecule has 2 unspecified atom stereocenters. The molecule has 1 N–H and O–H groups in total. The SMILES string of the molecule is COC1C(=O)N(C2CCNCC2)C1c1ccncc1. The molecular weight excluding hydrogens is 242 g/mol. The van der Waals surface area contributed by atoms with Gasteiger partial charge in [0, 0.05) is 25.5 Å². The second-order valence-electron chi connectivity index (χ2n) is 5.11. The van der Waals surface area contributed by atoms with Gasteiger partial charge in [0.15, 0.2) is 6.10 Å². The van der Waals surface area contributed by atoms with E-state index in [2.05, 4.69) is 10.3 Å². The minimum atomic E-state index is -0.336. The lowest BCUT2D eigenvalue weighted by molar-refractivity contribution is -0.177. The number of hydrogen-bond acceptors (Lipinski definition) is 4. The van der Waals surface area contributed by atoms with Crippen LogP contribution in [0, 0.1) is 0 Å². The van der Waals surface area contributed by atoms with Crippen molar-refractivity contribution in [2.45, 2.75) is 31.0 Å². The molecule has 1 amide bonds. The van der Waals surface area contributed by atoms with Gasteiger partial charge in [-0.3, -0.25) is 9.78 Å². The Morgan fingerprint density at radius 1 is 1.32 bits per heavy atom. The lowest BCUT2D eigenvalue weighted by Gasteiger charge is -2.51. The summed E-state index contributed by atoms with van der Waals surface area (Å²) in [7, 11) is 1.61. The molecule has 19 heavy (non-hydrogen) atoms. The molecule has 0 aromatic carbocycles. The molecule has 5 heteroatoms. The summed E-state index contributed by atoms with van der Waals surface area (Å²) in [6.07, 6.45) is 5.24. The van der Waals surface area contributed by atoms with Crippen molar-refractivity contribution in [3.05, 3.63) is 30.1 Å². The second kappa shape index (κ2) is 5.27. The summed E-state index contributed by atoms with van der Waals surface area (Å²) < 4.78 is 5.36. The predicted octanol–water partition coefficient (Wildman–Crippen LogP) is 0.732. The third-order valence-corrected chi connectivity index (χ3v) is 4.09. The summed E-state index contributed by atoms with van der Waals surface area (Å²) in [5, 5.41) is 3.33. The number of pyridine rings is 1. The molecule has 5 nitrogen and oxygen atoms in total. The van der Waals surface area contributed by atoms with Crippen LogP contribution in [0.2, 0.25) is 0 Å². The number of ether oxygens (including phenoxy) is 1. The van der Waals surface area contributed by atoms with Crippen LogP contribution in [0.15, 0.2) is 24.5 Å². The highest BCUT2D eigenvalue weighted by Gasteiger charge is 2.51. The van der Waals surface area contributed by atoms with Crippen LogP contribution < -0.4 is 5.32 Å². The number of likely N-dealkylation sites (tertiary alicyclic amines) is 1. The van der Waals surface area contributed by atoms with Gasteiger partial charge in [-0.25, -0.2) is 0 Å². The average molecular weight is 261 g/mol. The van der Waals surface area contributed by atoms with E-state index < -0.39 is 0 Å². The highest BCUT2D eigenvalue weighted by Crippen LogP contribution is 2.39. The molecular formula is C14H19N3O2. The van der Waals surface area contributed by atoms with E-state index in [-0.39, 0.29) is 18.1 Å². The topological polar surface area (TPSA) is 54.5 Å². The number of nitrogens with zero attached hydrogens (tertiary/aromatic N) is 2. The van der Waals surface area contributed by atoms with Crippen molar-refractivity contribution in [1.29, 1.82) is 0 Å². The summed E-state index contributed by atoms with van der Waals surface area (Å²) >= 11 is 0. The van der Waals surface area contributed by atoms with Crippen LogP contribution in [0.25, 0.3) is 0 Å². The maximum atomic E-state index is 12.2. The molecule has 2 aliphatic heterocycles. The Hall–Kier alpha value is -1.46. The molecule has 0 bridgehead atoms. The van der Waals surface area contributed by atoms with Crippen molar-refractivity contribution >= 4 is 5.91 Å². The van der Waals surface area contributed by atoms with Crippen molar-refractivity contribution in [3.8, 4) is 0 Å². The van der Waals surface area contributed by atoms with Crippen molar-refractivity contribution in [3.63, 3.8) is 0 Å². The normalized spacial score (nSPS) is 28.3. The van der Waals surface area contributed by atoms with E-state index >= 15 is 0 Å². The minimum Gasteiger partial charge on any atom is -0.369 e. The van der Waals surface area contributed by atoms with E-state index in [4.69, 9.17) is 4.74 Å². The molecule has 0 spiro atoms. The van der Waals surface area contributed by atoms with Gasteiger partial charge in [-0.15, -0.1) is 0 Å². The number of piperidine rings is 1. The first-order valence-corrected chi connectivity index (χ1v) is 6.78. The van der Waals surface area contributed by atoms with E-state index in [1.54, 1.807) is 19.5 Å². The van der Waals surface area contributed by atoms with Gasteiger partial charge in [0.25, 0.3) is 5.91 Å². The van der Waals surface area contributed by atoms with E-state index in [1.807, 2.05) is 17.0 Å². The Morgan fingerprint density at radius 2 is 2.00 bits per heavy atom. The number of rotatable bonds is 3. The van der Waals surface area contributed by atoms with Crippen LogP contribution in [0.5, 0.6) is 0 Å². The molecule has 2 fully saturated rings. The number of aromatic nitrogens is 1. The fourth-order valence-corrected chi connectivity index (χ4v) is 3.10. The summed E-state index contributed by atoms with van der Waals surface area (Å²) in [5.74, 6) is 0.121. The molecule has 1 aromatic rings. The lowest BCUT2D eigenvalue weighted by Crippen LogP contribution is -2.64. The quantitative estimate of drug-likeness (QED) is 0.815. The highest BCUT2D eigenvalue weighted by atomic mass is 16.5. The van der Waals surface area contributed by atoms with Gasteiger partial charge in [-0.1, -0.05) is 0 Å². The van der Waals surface area contributed by atoms with Crippen molar-refractivity contribution in [1.82, 2.24) is 15.2 Å².